The van der Waals surface area contributed by atoms with Crippen LogP contribution in [0.2, 0.25) is 0 Å². The van der Waals surface area contributed by atoms with Crippen LogP contribution >= 0.6 is 0 Å². The van der Waals surface area contributed by atoms with Crippen LogP contribution in [-0.2, 0) is 4.79 Å². The van der Waals surface area contributed by atoms with Gasteiger partial charge in [0.15, 0.2) is 0 Å². The molecule has 58 valence electrons. The average Bonchev–Trinajstić information content (AvgIpc) is 2.14. The molecule has 4 nitrogen and oxygen atoms in total. The lowest BCUT2D eigenvalue weighted by atomic mass is 10.2. The minimum atomic E-state index is -0.349. The van der Waals surface area contributed by atoms with Crippen LogP contribution in [0, 0.1) is 0 Å². The number of amides is 1. The monoisotopic (exact) mass is 151 g/mol. The van der Waals surface area contributed by atoms with Gasteiger partial charge in [-0.25, -0.2) is 4.99 Å². The van der Waals surface area contributed by atoms with Crippen LogP contribution in [0.5, 0.6) is 0 Å². The van der Waals surface area contributed by atoms with Gasteiger partial charge in [0.25, 0.3) is 0 Å². The summed E-state index contributed by atoms with van der Waals surface area (Å²) in [6.07, 6.45) is 6.82. The molecule has 1 rings (SSSR count). The van der Waals surface area contributed by atoms with Crippen molar-refractivity contribution in [1.82, 2.24) is 5.32 Å². The Morgan fingerprint density at radius 2 is 2.55 bits per heavy atom. The van der Waals surface area contributed by atoms with Crippen LogP contribution in [0.1, 0.15) is 6.42 Å². The smallest absolute Gasteiger partial charge is 0.221 e. The Bertz CT molecular complexity index is 240. The summed E-state index contributed by atoms with van der Waals surface area (Å²) in [7, 11) is 0. The van der Waals surface area contributed by atoms with Crippen molar-refractivity contribution in [1.29, 1.82) is 0 Å². The molecule has 0 bridgehead atoms. The van der Waals surface area contributed by atoms with Crippen molar-refractivity contribution in [3.63, 3.8) is 0 Å². The molecule has 0 aromatic carbocycles. The number of nitrogens with one attached hydrogen (secondary N) is 1. The fourth-order valence-corrected chi connectivity index (χ4v) is 0.723. The Morgan fingerprint density at radius 1 is 1.73 bits per heavy atom. The summed E-state index contributed by atoms with van der Waals surface area (Å²) in [5.41, 5.74) is 5.79. The van der Waals surface area contributed by atoms with E-state index in [-0.39, 0.29) is 12.3 Å². The third-order valence-electron chi connectivity index (χ3n) is 1.16. The number of hydrogen-bond acceptors (Lipinski definition) is 3. The van der Waals surface area contributed by atoms with Crippen molar-refractivity contribution in [2.45, 2.75) is 6.42 Å². The second kappa shape index (κ2) is 3.55. The molecule has 1 aliphatic heterocycles. The number of allylic oxidation sites excluding steroid dienone is 1. The van der Waals surface area contributed by atoms with E-state index in [1.807, 2.05) is 0 Å². The maximum Gasteiger partial charge on any atom is 0.221 e. The number of nitrogens with zero attached hydrogens (tertiary/aromatic N) is 1. The summed E-state index contributed by atoms with van der Waals surface area (Å²) in [6, 6.07) is 0. The van der Waals surface area contributed by atoms with Gasteiger partial charge < -0.3 is 11.1 Å². The van der Waals surface area contributed by atoms with E-state index >= 15 is 0 Å². The first-order chi connectivity index (χ1) is 5.29. The first kappa shape index (κ1) is 7.53. The zero-order valence-electron chi connectivity index (χ0n) is 5.95. The maximum absolute atomic E-state index is 10.5. The first-order valence-corrected chi connectivity index (χ1v) is 3.20. The van der Waals surface area contributed by atoms with E-state index in [4.69, 9.17) is 5.73 Å². The summed E-state index contributed by atoms with van der Waals surface area (Å²) < 4.78 is 0. The van der Waals surface area contributed by atoms with E-state index in [2.05, 4.69) is 10.3 Å². The Labute approximate surface area is 64.5 Å². The van der Waals surface area contributed by atoms with E-state index in [1.54, 1.807) is 18.5 Å². The lowest BCUT2D eigenvalue weighted by Gasteiger charge is -1.92. The first-order valence-electron chi connectivity index (χ1n) is 3.20. The van der Waals surface area contributed by atoms with E-state index in [9.17, 15) is 4.79 Å². The van der Waals surface area contributed by atoms with Crippen LogP contribution in [0.15, 0.2) is 29.0 Å². The second-order valence-electron chi connectivity index (χ2n) is 2.13. The SMILES string of the molecule is NC(=O)CC1=CN=CNC=C1. The van der Waals surface area contributed by atoms with Crippen LogP contribution < -0.4 is 11.1 Å². The molecule has 1 aliphatic rings. The molecule has 0 aromatic heterocycles. The van der Waals surface area contributed by atoms with Gasteiger partial charge in [-0.1, -0.05) is 0 Å². The summed E-state index contributed by atoms with van der Waals surface area (Å²) >= 11 is 0. The summed E-state index contributed by atoms with van der Waals surface area (Å²) in [6.45, 7) is 0. The highest BCUT2D eigenvalue weighted by atomic mass is 16.1. The Kier molecular flexibility index (Phi) is 2.43. The van der Waals surface area contributed by atoms with Gasteiger partial charge in [0.1, 0.15) is 0 Å². The molecule has 3 N–H and O–H groups in total. The normalized spacial score (nSPS) is 15.1. The Hall–Kier alpha value is -1.58. The summed E-state index contributed by atoms with van der Waals surface area (Å²) in [5, 5.41) is 2.77. The predicted molar refractivity (Wildman–Crippen MR) is 42.7 cm³/mol. The Balaban J connectivity index is 2.62. The molecule has 0 saturated carbocycles. The molecule has 0 aliphatic carbocycles. The molecule has 0 aromatic rings. The van der Waals surface area contributed by atoms with Gasteiger partial charge in [-0.3, -0.25) is 4.79 Å². The number of hydrogen-bond donors (Lipinski definition) is 2. The van der Waals surface area contributed by atoms with Crippen molar-refractivity contribution >= 4 is 12.2 Å². The van der Waals surface area contributed by atoms with E-state index in [0.717, 1.165) is 5.57 Å². The van der Waals surface area contributed by atoms with Crippen molar-refractivity contribution in [2.75, 3.05) is 0 Å². The fraction of sp³-hybridized carbons (Fsp3) is 0.143. The Morgan fingerprint density at radius 3 is 3.27 bits per heavy atom. The second-order valence-corrected chi connectivity index (χ2v) is 2.13. The van der Waals surface area contributed by atoms with Gasteiger partial charge in [0.2, 0.25) is 5.91 Å². The van der Waals surface area contributed by atoms with Crippen molar-refractivity contribution in [2.24, 2.45) is 10.7 Å². The molecule has 0 atom stereocenters. The number of carbonyl (C=O) groups excluding carboxylic acids is 1. The highest BCUT2D eigenvalue weighted by Crippen LogP contribution is 2.03. The topological polar surface area (TPSA) is 67.5 Å². The largest absolute Gasteiger partial charge is 0.369 e. The average molecular weight is 151 g/mol. The van der Waals surface area contributed by atoms with Gasteiger partial charge in [-0.05, 0) is 11.6 Å². The fourth-order valence-electron chi connectivity index (χ4n) is 0.723. The van der Waals surface area contributed by atoms with Gasteiger partial charge >= 0.3 is 0 Å². The molecule has 1 heterocycles. The van der Waals surface area contributed by atoms with E-state index < -0.39 is 0 Å². The van der Waals surface area contributed by atoms with Crippen LogP contribution in [0.3, 0.4) is 0 Å². The lowest BCUT2D eigenvalue weighted by molar-refractivity contribution is -0.117. The molecule has 0 radical (unpaired) electrons. The molecular weight excluding hydrogens is 142 g/mol. The minimum Gasteiger partial charge on any atom is -0.369 e. The van der Waals surface area contributed by atoms with Crippen LogP contribution in [0.25, 0.3) is 0 Å². The van der Waals surface area contributed by atoms with Crippen LogP contribution in [-0.4, -0.2) is 12.2 Å². The molecule has 0 unspecified atom stereocenters. The highest BCUT2D eigenvalue weighted by Gasteiger charge is 1.98. The summed E-state index contributed by atoms with van der Waals surface area (Å²) in [4.78, 5) is 14.3. The van der Waals surface area contributed by atoms with Gasteiger partial charge in [0, 0.05) is 12.4 Å². The third-order valence-corrected chi connectivity index (χ3v) is 1.16. The number of nitrogens with two attached hydrogens (primary N) is 1. The van der Waals surface area contributed by atoms with Crippen molar-refractivity contribution in [3.8, 4) is 0 Å². The number of primary amides is 1. The zero-order chi connectivity index (χ0) is 8.10. The number of rotatable bonds is 2. The molecule has 0 fully saturated rings. The molecule has 11 heavy (non-hydrogen) atoms. The summed E-state index contributed by atoms with van der Waals surface area (Å²) in [5.74, 6) is -0.349. The highest BCUT2D eigenvalue weighted by molar-refractivity contribution is 5.77. The standard InChI is InChI=1S/C7H9N3O/c8-7(11)3-6-1-2-9-5-10-4-6/h1-2,4-5H,3H2,(H2,8,11)(H,9,10). The third kappa shape index (κ3) is 2.66. The molecule has 4 heteroatoms. The number of aliphatic imine (C=N–C) groups is 1. The van der Waals surface area contributed by atoms with E-state index in [0.29, 0.717) is 0 Å². The predicted octanol–water partition coefficient (Wildman–Crippen LogP) is -0.109. The number of carbonyl (C=O) groups is 1. The maximum atomic E-state index is 10.5. The van der Waals surface area contributed by atoms with Gasteiger partial charge in [0.05, 0.1) is 12.8 Å². The molecule has 0 saturated heterocycles. The van der Waals surface area contributed by atoms with Crippen molar-refractivity contribution < 1.29 is 4.79 Å². The quantitative estimate of drug-likeness (QED) is 0.578. The molecule has 1 amide bonds. The van der Waals surface area contributed by atoms with Gasteiger partial charge in [-0.2, -0.15) is 0 Å². The minimum absolute atomic E-state index is 0.232. The van der Waals surface area contributed by atoms with Gasteiger partial charge in [-0.15, -0.1) is 0 Å². The van der Waals surface area contributed by atoms with Crippen LogP contribution in [0.4, 0.5) is 0 Å². The zero-order valence-corrected chi connectivity index (χ0v) is 5.95. The molecular formula is C7H9N3O. The molecule has 0 spiro atoms. The lowest BCUT2D eigenvalue weighted by Crippen LogP contribution is -2.10. The van der Waals surface area contributed by atoms with E-state index in [1.165, 1.54) is 6.34 Å². The van der Waals surface area contributed by atoms with Crippen molar-refractivity contribution in [3.05, 3.63) is 24.0 Å².